The molecule has 2 nitrogen and oxygen atoms in total. The Morgan fingerprint density at radius 2 is 2.00 bits per heavy atom. The van der Waals surface area contributed by atoms with Crippen molar-refractivity contribution in [2.75, 3.05) is 0 Å². The molecule has 0 spiro atoms. The zero-order valence-electron chi connectivity index (χ0n) is 9.91. The average Bonchev–Trinajstić information content (AvgIpc) is 2.91. The average molecular weight is 254 g/mol. The van der Waals surface area contributed by atoms with Gasteiger partial charge in [-0.15, -0.1) is 11.3 Å². The van der Waals surface area contributed by atoms with Crippen LogP contribution in [0.15, 0.2) is 54.2 Å². The van der Waals surface area contributed by atoms with Crippen LogP contribution in [0.25, 0.3) is 10.8 Å². The van der Waals surface area contributed by atoms with Gasteiger partial charge in [-0.25, -0.2) is 0 Å². The van der Waals surface area contributed by atoms with E-state index in [0.29, 0.717) is 0 Å². The second-order valence-electron chi connectivity index (χ2n) is 4.34. The van der Waals surface area contributed by atoms with Crippen molar-refractivity contribution in [3.63, 3.8) is 0 Å². The minimum Gasteiger partial charge on any atom is -0.324 e. The lowest BCUT2D eigenvalue weighted by Gasteiger charge is -2.13. The molecule has 2 N–H and O–H groups in total. The van der Waals surface area contributed by atoms with Gasteiger partial charge in [0.05, 0.1) is 0 Å². The molecule has 2 aromatic heterocycles. The highest BCUT2D eigenvalue weighted by atomic mass is 32.1. The third-order valence-electron chi connectivity index (χ3n) is 3.10. The highest BCUT2D eigenvalue weighted by molar-refractivity contribution is 7.09. The molecule has 3 aromatic rings. The van der Waals surface area contributed by atoms with E-state index >= 15 is 0 Å². The van der Waals surface area contributed by atoms with E-state index in [2.05, 4.69) is 34.6 Å². The third kappa shape index (κ3) is 2.15. The molecular formula is C15H14N2S. The van der Waals surface area contributed by atoms with Gasteiger partial charge in [-0.1, -0.05) is 30.3 Å². The number of benzene rings is 1. The molecule has 0 fully saturated rings. The van der Waals surface area contributed by atoms with Crippen molar-refractivity contribution in [1.29, 1.82) is 0 Å². The predicted octanol–water partition coefficient (Wildman–Crippen LogP) is 3.54. The van der Waals surface area contributed by atoms with E-state index in [1.54, 1.807) is 11.3 Å². The second-order valence-corrected chi connectivity index (χ2v) is 5.37. The molecule has 3 rings (SSSR count). The molecule has 0 radical (unpaired) electrons. The van der Waals surface area contributed by atoms with E-state index in [0.717, 1.165) is 17.4 Å². The van der Waals surface area contributed by atoms with Crippen molar-refractivity contribution in [3.05, 3.63) is 64.6 Å². The lowest BCUT2D eigenvalue weighted by Crippen LogP contribution is -2.13. The zero-order chi connectivity index (χ0) is 12.4. The maximum Gasteiger partial charge on any atom is 0.0365 e. The highest BCUT2D eigenvalue weighted by Gasteiger charge is 2.11. The molecule has 0 saturated carbocycles. The van der Waals surface area contributed by atoms with Crippen LogP contribution in [-0.2, 0) is 6.42 Å². The summed E-state index contributed by atoms with van der Waals surface area (Å²) < 4.78 is 0. The van der Waals surface area contributed by atoms with Crippen LogP contribution in [0.3, 0.4) is 0 Å². The summed E-state index contributed by atoms with van der Waals surface area (Å²) >= 11 is 1.75. The zero-order valence-corrected chi connectivity index (χ0v) is 10.7. The van der Waals surface area contributed by atoms with Crippen LogP contribution in [-0.4, -0.2) is 4.98 Å². The van der Waals surface area contributed by atoms with Crippen LogP contribution in [0.5, 0.6) is 0 Å². The largest absolute Gasteiger partial charge is 0.324 e. The van der Waals surface area contributed by atoms with Gasteiger partial charge < -0.3 is 5.73 Å². The van der Waals surface area contributed by atoms with E-state index in [-0.39, 0.29) is 6.04 Å². The predicted molar refractivity (Wildman–Crippen MR) is 76.7 cm³/mol. The lowest BCUT2D eigenvalue weighted by atomic mass is 9.99. The normalized spacial score (nSPS) is 12.7. The number of rotatable bonds is 3. The smallest absolute Gasteiger partial charge is 0.0365 e. The fourth-order valence-corrected chi connectivity index (χ4v) is 2.96. The summed E-state index contributed by atoms with van der Waals surface area (Å²) in [6, 6.07) is 12.5. The molecule has 1 atom stereocenters. The number of aromatic nitrogens is 1. The summed E-state index contributed by atoms with van der Waals surface area (Å²) in [5.74, 6) is 0. The van der Waals surface area contributed by atoms with Gasteiger partial charge >= 0.3 is 0 Å². The first-order valence-electron chi connectivity index (χ1n) is 5.95. The van der Waals surface area contributed by atoms with Gasteiger partial charge in [0.15, 0.2) is 0 Å². The third-order valence-corrected chi connectivity index (χ3v) is 4.00. The maximum atomic E-state index is 6.32. The van der Waals surface area contributed by atoms with E-state index in [9.17, 15) is 0 Å². The number of nitrogens with two attached hydrogens (primary N) is 1. The van der Waals surface area contributed by atoms with E-state index in [4.69, 9.17) is 5.73 Å². The van der Waals surface area contributed by atoms with Gasteiger partial charge in [-0.2, -0.15) is 0 Å². The topological polar surface area (TPSA) is 38.9 Å². The molecule has 1 unspecified atom stereocenters. The highest BCUT2D eigenvalue weighted by Crippen LogP contribution is 2.25. The Morgan fingerprint density at radius 3 is 2.83 bits per heavy atom. The molecule has 0 aliphatic carbocycles. The van der Waals surface area contributed by atoms with Crippen LogP contribution < -0.4 is 5.73 Å². The van der Waals surface area contributed by atoms with Crippen molar-refractivity contribution >= 4 is 22.1 Å². The van der Waals surface area contributed by atoms with Gasteiger partial charge in [-0.3, -0.25) is 4.98 Å². The first kappa shape index (κ1) is 11.4. The Bertz CT molecular complexity index is 641. The van der Waals surface area contributed by atoms with Crippen molar-refractivity contribution in [2.24, 2.45) is 5.73 Å². The molecule has 3 heteroatoms. The number of fused-ring (bicyclic) bond motifs is 1. The Kier molecular flexibility index (Phi) is 3.09. The van der Waals surface area contributed by atoms with E-state index < -0.39 is 0 Å². The van der Waals surface area contributed by atoms with Crippen molar-refractivity contribution in [1.82, 2.24) is 4.98 Å². The lowest BCUT2D eigenvalue weighted by molar-refractivity contribution is 0.733. The second kappa shape index (κ2) is 4.88. The molecule has 0 saturated heterocycles. The SMILES string of the molecule is NC(Cc1cccs1)c1cncc2ccccc12. The fraction of sp³-hybridized carbons (Fsp3) is 0.133. The van der Waals surface area contributed by atoms with E-state index in [1.807, 2.05) is 24.5 Å². The minimum absolute atomic E-state index is 0.00208. The number of hydrogen-bond acceptors (Lipinski definition) is 3. The van der Waals surface area contributed by atoms with Crippen LogP contribution in [0.2, 0.25) is 0 Å². The summed E-state index contributed by atoms with van der Waals surface area (Å²) in [4.78, 5) is 5.60. The molecule has 2 heterocycles. The number of pyridine rings is 1. The minimum atomic E-state index is 0.00208. The van der Waals surface area contributed by atoms with Crippen LogP contribution >= 0.6 is 11.3 Å². The maximum absolute atomic E-state index is 6.32. The molecule has 0 amide bonds. The Hall–Kier alpha value is -1.71. The summed E-state index contributed by atoms with van der Waals surface area (Å²) in [5.41, 5.74) is 7.45. The quantitative estimate of drug-likeness (QED) is 0.776. The van der Waals surface area contributed by atoms with Crippen molar-refractivity contribution in [2.45, 2.75) is 12.5 Å². The van der Waals surface area contributed by atoms with Crippen molar-refractivity contribution < 1.29 is 0 Å². The van der Waals surface area contributed by atoms with Gasteiger partial charge in [0.25, 0.3) is 0 Å². The van der Waals surface area contributed by atoms with Crippen LogP contribution in [0, 0.1) is 0 Å². The van der Waals surface area contributed by atoms with E-state index in [1.165, 1.54) is 10.3 Å². The van der Waals surface area contributed by atoms with Crippen LogP contribution in [0.4, 0.5) is 0 Å². The molecular weight excluding hydrogens is 240 g/mol. The monoisotopic (exact) mass is 254 g/mol. The summed E-state index contributed by atoms with van der Waals surface area (Å²) in [7, 11) is 0. The standard InChI is InChI=1S/C15H14N2S/c16-15(8-12-5-3-7-18-12)14-10-17-9-11-4-1-2-6-13(11)14/h1-7,9-10,15H,8,16H2. The molecule has 0 aliphatic rings. The Labute approximate surface area is 110 Å². The molecule has 0 bridgehead atoms. The molecule has 18 heavy (non-hydrogen) atoms. The Balaban J connectivity index is 1.98. The van der Waals surface area contributed by atoms with Gasteiger partial charge in [0.2, 0.25) is 0 Å². The molecule has 0 aliphatic heterocycles. The van der Waals surface area contributed by atoms with Crippen molar-refractivity contribution in [3.8, 4) is 0 Å². The summed E-state index contributed by atoms with van der Waals surface area (Å²) in [6.07, 6.45) is 4.64. The number of thiophene rings is 1. The van der Waals surface area contributed by atoms with Gasteiger partial charge in [0, 0.05) is 35.1 Å². The number of hydrogen-bond donors (Lipinski definition) is 1. The first-order valence-corrected chi connectivity index (χ1v) is 6.83. The van der Waals surface area contributed by atoms with Crippen LogP contribution in [0.1, 0.15) is 16.5 Å². The fourth-order valence-electron chi connectivity index (χ4n) is 2.19. The van der Waals surface area contributed by atoms with Gasteiger partial charge in [0.1, 0.15) is 0 Å². The molecule has 1 aromatic carbocycles. The first-order chi connectivity index (χ1) is 8.84. The molecule has 90 valence electrons. The number of nitrogens with zero attached hydrogens (tertiary/aromatic N) is 1. The Morgan fingerprint density at radius 1 is 1.11 bits per heavy atom. The summed E-state index contributed by atoms with van der Waals surface area (Å²) in [6.45, 7) is 0. The van der Waals surface area contributed by atoms with Gasteiger partial charge in [-0.05, 0) is 22.4 Å². The summed E-state index contributed by atoms with van der Waals surface area (Å²) in [5, 5.41) is 4.44.